The first-order chi connectivity index (χ1) is 9.74. The lowest BCUT2D eigenvalue weighted by Crippen LogP contribution is -2.29. The van der Waals surface area contributed by atoms with Crippen molar-refractivity contribution in [1.29, 1.82) is 0 Å². The van der Waals surface area contributed by atoms with E-state index in [-0.39, 0.29) is 5.91 Å². The molecule has 0 bridgehead atoms. The number of thiophene rings is 1. The van der Waals surface area contributed by atoms with Crippen molar-refractivity contribution in [3.63, 3.8) is 0 Å². The highest BCUT2D eigenvalue weighted by Gasteiger charge is 2.22. The van der Waals surface area contributed by atoms with Crippen LogP contribution < -0.4 is 5.73 Å². The quantitative estimate of drug-likeness (QED) is 0.870. The number of carbonyl (C=O) groups excluding carboxylic acids is 1. The van der Waals surface area contributed by atoms with E-state index in [4.69, 9.17) is 5.73 Å². The molecule has 1 saturated heterocycles. The first-order valence-electron chi connectivity index (χ1n) is 7.27. The second kappa shape index (κ2) is 7.47. The van der Waals surface area contributed by atoms with E-state index in [1.54, 1.807) is 11.3 Å². The van der Waals surface area contributed by atoms with Crippen molar-refractivity contribution in [3.8, 4) is 11.8 Å². The average Bonchev–Trinajstić information content (AvgIpc) is 2.82. The van der Waals surface area contributed by atoms with Crippen LogP contribution in [0.15, 0.2) is 11.4 Å². The number of amides is 1. The Bertz CT molecular complexity index is 512. The Morgan fingerprint density at radius 2 is 2.35 bits per heavy atom. The van der Waals surface area contributed by atoms with Gasteiger partial charge in [-0.05, 0) is 30.2 Å². The van der Waals surface area contributed by atoms with Gasteiger partial charge in [0, 0.05) is 23.4 Å². The molecule has 1 aromatic rings. The van der Waals surface area contributed by atoms with Crippen LogP contribution in [0.4, 0.5) is 0 Å². The highest BCUT2D eigenvalue weighted by Crippen LogP contribution is 2.24. The molecule has 1 fully saturated rings. The lowest BCUT2D eigenvalue weighted by atomic mass is 9.98. The fourth-order valence-electron chi connectivity index (χ4n) is 2.56. The lowest BCUT2D eigenvalue weighted by molar-refractivity contribution is -0.131. The molecule has 20 heavy (non-hydrogen) atoms. The third-order valence-electron chi connectivity index (χ3n) is 3.91. The van der Waals surface area contributed by atoms with Crippen LogP contribution in [0, 0.1) is 17.8 Å². The molecule has 0 radical (unpaired) electrons. The number of nitrogens with zero attached hydrogens (tertiary/aromatic N) is 1. The van der Waals surface area contributed by atoms with E-state index >= 15 is 0 Å². The molecule has 3 nitrogen and oxygen atoms in total. The minimum absolute atomic E-state index is 0.284. The maximum atomic E-state index is 12.2. The third-order valence-corrected chi connectivity index (χ3v) is 4.81. The molecule has 1 aromatic heterocycles. The molecule has 0 aromatic carbocycles. The van der Waals surface area contributed by atoms with Crippen LogP contribution >= 0.6 is 11.3 Å². The normalized spacial score (nSPS) is 19.4. The fraction of sp³-hybridized carbons (Fsp3) is 0.562. The second-order valence-corrected chi connectivity index (χ2v) is 6.18. The first-order valence-corrected chi connectivity index (χ1v) is 8.15. The van der Waals surface area contributed by atoms with Gasteiger partial charge in [0.05, 0.1) is 13.1 Å². The van der Waals surface area contributed by atoms with Crippen LogP contribution in [0.2, 0.25) is 0 Å². The summed E-state index contributed by atoms with van der Waals surface area (Å²) in [4.78, 5) is 15.4. The fourth-order valence-corrected chi connectivity index (χ4v) is 3.41. The number of nitrogens with two attached hydrogens (primary N) is 1. The van der Waals surface area contributed by atoms with Gasteiger partial charge < -0.3 is 10.6 Å². The number of likely N-dealkylation sites (tertiary alicyclic amines) is 1. The Morgan fingerprint density at radius 1 is 1.50 bits per heavy atom. The maximum absolute atomic E-state index is 12.2. The van der Waals surface area contributed by atoms with Crippen molar-refractivity contribution in [1.82, 2.24) is 4.90 Å². The van der Waals surface area contributed by atoms with E-state index in [9.17, 15) is 4.79 Å². The highest BCUT2D eigenvalue weighted by molar-refractivity contribution is 7.10. The summed E-state index contributed by atoms with van der Waals surface area (Å²) in [6.45, 7) is 4.15. The Balaban J connectivity index is 2.05. The van der Waals surface area contributed by atoms with Gasteiger partial charge >= 0.3 is 0 Å². The van der Waals surface area contributed by atoms with Gasteiger partial charge in [-0.2, -0.15) is 0 Å². The van der Waals surface area contributed by atoms with Crippen molar-refractivity contribution >= 4 is 17.2 Å². The second-order valence-electron chi connectivity index (χ2n) is 5.18. The number of hydrogen-bond acceptors (Lipinski definition) is 3. The number of carbonyl (C=O) groups is 1. The summed E-state index contributed by atoms with van der Waals surface area (Å²) >= 11 is 1.67. The monoisotopic (exact) mass is 290 g/mol. The summed E-state index contributed by atoms with van der Waals surface area (Å²) in [6, 6.07) is 2.01. The molecule has 2 rings (SSSR count). The highest BCUT2D eigenvalue weighted by atomic mass is 32.1. The number of hydrogen-bond donors (Lipinski definition) is 1. The average molecular weight is 290 g/mol. The summed E-state index contributed by atoms with van der Waals surface area (Å²) < 4.78 is 0. The van der Waals surface area contributed by atoms with E-state index in [0.29, 0.717) is 25.4 Å². The predicted octanol–water partition coefficient (Wildman–Crippen LogP) is 2.60. The van der Waals surface area contributed by atoms with Crippen LogP contribution in [0.25, 0.3) is 0 Å². The first kappa shape index (κ1) is 15.1. The molecule has 0 spiro atoms. The molecule has 0 saturated carbocycles. The van der Waals surface area contributed by atoms with Gasteiger partial charge in [0.1, 0.15) is 0 Å². The summed E-state index contributed by atoms with van der Waals surface area (Å²) in [7, 11) is 0. The molecule has 108 valence electrons. The Morgan fingerprint density at radius 3 is 3.10 bits per heavy atom. The van der Waals surface area contributed by atoms with E-state index in [1.165, 1.54) is 11.3 Å². The standard InChI is InChI=1S/C16H22N2OS/c1-2-13-5-6-16(19)18(10-7-13)12-15-14(4-3-9-17)8-11-20-15/h8,11,13H,2,5-7,9-10,12,17H2,1H3. The molecule has 0 aliphatic carbocycles. The van der Waals surface area contributed by atoms with Gasteiger partial charge in [0.25, 0.3) is 0 Å². The lowest BCUT2D eigenvalue weighted by Gasteiger charge is -2.20. The molecule has 2 heterocycles. The van der Waals surface area contributed by atoms with Crippen LogP contribution in [-0.2, 0) is 11.3 Å². The zero-order chi connectivity index (χ0) is 14.4. The Labute approximate surface area is 125 Å². The SMILES string of the molecule is CCC1CCC(=O)N(Cc2sccc2C#CCN)CC1. The molecule has 1 aliphatic rings. The van der Waals surface area contributed by atoms with Crippen LogP contribution in [-0.4, -0.2) is 23.9 Å². The van der Waals surface area contributed by atoms with Gasteiger partial charge in [-0.15, -0.1) is 11.3 Å². The minimum Gasteiger partial charge on any atom is -0.338 e. The Kier molecular flexibility index (Phi) is 5.63. The minimum atomic E-state index is 0.284. The van der Waals surface area contributed by atoms with Gasteiger partial charge in [-0.1, -0.05) is 25.2 Å². The largest absolute Gasteiger partial charge is 0.338 e. The van der Waals surface area contributed by atoms with Gasteiger partial charge in [-0.25, -0.2) is 0 Å². The molecule has 1 amide bonds. The summed E-state index contributed by atoms with van der Waals surface area (Å²) in [6.07, 6.45) is 4.02. The summed E-state index contributed by atoms with van der Waals surface area (Å²) in [5.41, 5.74) is 6.44. The number of rotatable bonds is 3. The molecule has 1 unspecified atom stereocenters. The van der Waals surface area contributed by atoms with Gasteiger partial charge in [-0.3, -0.25) is 4.79 Å². The van der Waals surface area contributed by atoms with Gasteiger partial charge in [0.15, 0.2) is 0 Å². The van der Waals surface area contributed by atoms with Crippen molar-refractivity contribution in [2.75, 3.05) is 13.1 Å². The third kappa shape index (κ3) is 3.84. The molecular weight excluding hydrogens is 268 g/mol. The van der Waals surface area contributed by atoms with Crippen LogP contribution in [0.3, 0.4) is 0 Å². The van der Waals surface area contributed by atoms with E-state index < -0.39 is 0 Å². The molecule has 1 atom stereocenters. The van der Waals surface area contributed by atoms with E-state index in [1.807, 2.05) is 16.3 Å². The molecule has 4 heteroatoms. The van der Waals surface area contributed by atoms with E-state index in [2.05, 4.69) is 18.8 Å². The topological polar surface area (TPSA) is 46.3 Å². The summed E-state index contributed by atoms with van der Waals surface area (Å²) in [5.74, 6) is 6.96. The van der Waals surface area contributed by atoms with E-state index in [0.717, 1.165) is 24.9 Å². The van der Waals surface area contributed by atoms with Gasteiger partial charge in [0.2, 0.25) is 5.91 Å². The van der Waals surface area contributed by atoms with Crippen LogP contribution in [0.1, 0.15) is 43.0 Å². The molecule has 1 aliphatic heterocycles. The van der Waals surface area contributed by atoms with Crippen molar-refractivity contribution in [2.24, 2.45) is 11.7 Å². The van der Waals surface area contributed by atoms with Crippen molar-refractivity contribution < 1.29 is 4.79 Å². The Hall–Kier alpha value is -1.31. The zero-order valence-electron chi connectivity index (χ0n) is 12.0. The molecular formula is C16H22N2OS. The predicted molar refractivity (Wildman–Crippen MR) is 83.3 cm³/mol. The van der Waals surface area contributed by atoms with Crippen molar-refractivity contribution in [3.05, 3.63) is 21.9 Å². The zero-order valence-corrected chi connectivity index (χ0v) is 12.8. The molecule has 2 N–H and O–H groups in total. The smallest absolute Gasteiger partial charge is 0.222 e. The maximum Gasteiger partial charge on any atom is 0.222 e. The van der Waals surface area contributed by atoms with Crippen LogP contribution in [0.5, 0.6) is 0 Å². The van der Waals surface area contributed by atoms with Crippen molar-refractivity contribution in [2.45, 2.75) is 39.2 Å². The summed E-state index contributed by atoms with van der Waals surface area (Å²) in [5, 5.41) is 2.03.